The molecule has 0 bridgehead atoms. The van der Waals surface area contributed by atoms with Crippen LogP contribution in [0.25, 0.3) is 0 Å². The zero-order valence-electron chi connectivity index (χ0n) is 16.8. The highest BCUT2D eigenvalue weighted by molar-refractivity contribution is 5.61. The van der Waals surface area contributed by atoms with Crippen LogP contribution in [0.5, 0.6) is 17.2 Å². The minimum absolute atomic E-state index is 0.516. The molecule has 0 aliphatic heterocycles. The molecule has 0 amide bonds. The van der Waals surface area contributed by atoms with Crippen molar-refractivity contribution in [2.24, 2.45) is 0 Å². The highest BCUT2D eigenvalue weighted by atomic mass is 16.5. The van der Waals surface area contributed by atoms with E-state index in [0.717, 1.165) is 34.3 Å². The van der Waals surface area contributed by atoms with Gasteiger partial charge in [0.1, 0.15) is 23.1 Å². The van der Waals surface area contributed by atoms with Gasteiger partial charge in [-0.25, -0.2) is 4.98 Å². The summed E-state index contributed by atoms with van der Waals surface area (Å²) in [6.45, 7) is 1.93. The van der Waals surface area contributed by atoms with E-state index in [9.17, 15) is 0 Å². The van der Waals surface area contributed by atoms with Gasteiger partial charge in [-0.15, -0.1) is 0 Å². The topological polar surface area (TPSA) is 68.3 Å². The van der Waals surface area contributed by atoms with Crippen LogP contribution in [0.1, 0.15) is 5.69 Å². The van der Waals surface area contributed by atoms with Crippen LogP contribution in [-0.2, 0) is 0 Å². The van der Waals surface area contributed by atoms with Gasteiger partial charge in [0.05, 0.1) is 7.11 Å². The maximum absolute atomic E-state index is 5.83. The predicted molar refractivity (Wildman–Crippen MR) is 119 cm³/mol. The minimum atomic E-state index is 0.516. The fourth-order valence-corrected chi connectivity index (χ4v) is 2.87. The Morgan fingerprint density at radius 3 is 1.93 bits per heavy atom. The van der Waals surface area contributed by atoms with E-state index in [2.05, 4.69) is 20.6 Å². The Balaban J connectivity index is 1.45. The molecule has 30 heavy (non-hydrogen) atoms. The smallest absolute Gasteiger partial charge is 0.229 e. The molecule has 0 fully saturated rings. The number of para-hydroxylation sites is 1. The fraction of sp³-hybridized carbons (Fsp3) is 0.0833. The third-order valence-electron chi connectivity index (χ3n) is 4.31. The van der Waals surface area contributed by atoms with Crippen LogP contribution < -0.4 is 20.1 Å². The van der Waals surface area contributed by atoms with Gasteiger partial charge in [0.15, 0.2) is 0 Å². The summed E-state index contributed by atoms with van der Waals surface area (Å²) in [6, 6.07) is 26.9. The molecule has 6 nitrogen and oxygen atoms in total. The number of aromatic nitrogens is 2. The van der Waals surface area contributed by atoms with Crippen molar-refractivity contribution >= 4 is 23.1 Å². The Labute approximate surface area is 175 Å². The second-order valence-electron chi connectivity index (χ2n) is 6.64. The molecule has 0 unspecified atom stereocenters. The molecule has 1 aromatic heterocycles. The lowest BCUT2D eigenvalue weighted by atomic mass is 10.3. The van der Waals surface area contributed by atoms with Gasteiger partial charge in [0.25, 0.3) is 0 Å². The highest BCUT2D eigenvalue weighted by Crippen LogP contribution is 2.25. The fourth-order valence-electron chi connectivity index (χ4n) is 2.87. The second-order valence-corrected chi connectivity index (χ2v) is 6.64. The quantitative estimate of drug-likeness (QED) is 0.394. The first-order valence-corrected chi connectivity index (χ1v) is 9.55. The van der Waals surface area contributed by atoms with Crippen LogP contribution in [0, 0.1) is 6.92 Å². The van der Waals surface area contributed by atoms with Crippen molar-refractivity contribution in [2.75, 3.05) is 17.7 Å². The normalized spacial score (nSPS) is 10.3. The standard InChI is InChI=1S/C24H22N4O2/c1-17-16-23(26-18-8-12-20(29-2)13-9-18)28-24(25-17)27-19-10-14-22(15-11-19)30-21-6-4-3-5-7-21/h3-16H,1-2H3,(H2,25,26,27,28). The monoisotopic (exact) mass is 398 g/mol. The first-order valence-electron chi connectivity index (χ1n) is 9.55. The summed E-state index contributed by atoms with van der Waals surface area (Å²) in [5, 5.41) is 6.53. The zero-order valence-corrected chi connectivity index (χ0v) is 16.8. The molecular weight excluding hydrogens is 376 g/mol. The molecule has 150 valence electrons. The number of hydrogen-bond acceptors (Lipinski definition) is 6. The van der Waals surface area contributed by atoms with Gasteiger partial charge in [-0.3, -0.25) is 0 Å². The molecule has 4 aromatic rings. The number of anilines is 4. The van der Waals surface area contributed by atoms with Crippen LogP contribution in [0.4, 0.5) is 23.1 Å². The molecule has 3 aromatic carbocycles. The predicted octanol–water partition coefficient (Wildman–Crippen LogP) is 6.07. The van der Waals surface area contributed by atoms with E-state index in [0.29, 0.717) is 11.8 Å². The highest BCUT2D eigenvalue weighted by Gasteiger charge is 2.05. The van der Waals surface area contributed by atoms with Crippen LogP contribution in [0.3, 0.4) is 0 Å². The molecule has 4 rings (SSSR count). The number of hydrogen-bond donors (Lipinski definition) is 2. The summed E-state index contributed by atoms with van der Waals surface area (Å²) in [5.41, 5.74) is 2.64. The molecule has 6 heteroatoms. The number of benzene rings is 3. The van der Waals surface area contributed by atoms with Crippen molar-refractivity contribution in [1.29, 1.82) is 0 Å². The lowest BCUT2D eigenvalue weighted by Crippen LogP contribution is -2.02. The van der Waals surface area contributed by atoms with Gasteiger partial charge in [-0.1, -0.05) is 18.2 Å². The van der Waals surface area contributed by atoms with Gasteiger partial charge in [-0.2, -0.15) is 4.98 Å². The third kappa shape index (κ3) is 5.05. The maximum atomic E-state index is 5.83. The average Bonchev–Trinajstić information content (AvgIpc) is 2.76. The molecule has 0 atom stereocenters. The minimum Gasteiger partial charge on any atom is -0.497 e. The van der Waals surface area contributed by atoms with Crippen molar-refractivity contribution in [3.05, 3.63) is 90.6 Å². The van der Waals surface area contributed by atoms with Crippen molar-refractivity contribution < 1.29 is 9.47 Å². The van der Waals surface area contributed by atoms with E-state index in [1.807, 2.05) is 91.9 Å². The molecule has 0 aliphatic rings. The summed E-state index contributed by atoms with van der Waals surface area (Å²) in [7, 11) is 1.65. The molecule has 0 aliphatic carbocycles. The van der Waals surface area contributed by atoms with E-state index in [1.165, 1.54) is 0 Å². The summed E-state index contributed by atoms with van der Waals surface area (Å²) >= 11 is 0. The number of methoxy groups -OCH3 is 1. The summed E-state index contributed by atoms with van der Waals surface area (Å²) in [5.74, 6) is 3.59. The van der Waals surface area contributed by atoms with E-state index >= 15 is 0 Å². The summed E-state index contributed by atoms with van der Waals surface area (Å²) in [6.07, 6.45) is 0. The van der Waals surface area contributed by atoms with E-state index in [1.54, 1.807) is 7.11 Å². The first-order chi connectivity index (χ1) is 14.7. The number of rotatable bonds is 7. The Bertz CT molecular complexity index is 1100. The van der Waals surface area contributed by atoms with E-state index < -0.39 is 0 Å². The lowest BCUT2D eigenvalue weighted by Gasteiger charge is -2.11. The SMILES string of the molecule is COc1ccc(Nc2cc(C)nc(Nc3ccc(Oc4ccccc4)cc3)n2)cc1. The Hall–Kier alpha value is -4.06. The summed E-state index contributed by atoms with van der Waals surface area (Å²) < 4.78 is 11.0. The molecule has 1 heterocycles. The average molecular weight is 398 g/mol. The van der Waals surface area contributed by atoms with Crippen LogP contribution in [-0.4, -0.2) is 17.1 Å². The molecule has 2 N–H and O–H groups in total. The summed E-state index contributed by atoms with van der Waals surface area (Å²) in [4.78, 5) is 9.04. The van der Waals surface area contributed by atoms with E-state index in [-0.39, 0.29) is 0 Å². The van der Waals surface area contributed by atoms with Crippen molar-refractivity contribution in [1.82, 2.24) is 9.97 Å². The number of ether oxygens (including phenoxy) is 2. The van der Waals surface area contributed by atoms with Crippen LogP contribution in [0.2, 0.25) is 0 Å². The van der Waals surface area contributed by atoms with E-state index in [4.69, 9.17) is 9.47 Å². The number of aryl methyl sites for hydroxylation is 1. The van der Waals surface area contributed by atoms with Gasteiger partial charge < -0.3 is 20.1 Å². The number of nitrogens with zero attached hydrogens (tertiary/aromatic N) is 2. The number of nitrogens with one attached hydrogen (secondary N) is 2. The lowest BCUT2D eigenvalue weighted by molar-refractivity contribution is 0.415. The van der Waals surface area contributed by atoms with Gasteiger partial charge in [0.2, 0.25) is 5.95 Å². The van der Waals surface area contributed by atoms with Crippen molar-refractivity contribution in [2.45, 2.75) is 6.92 Å². The van der Waals surface area contributed by atoms with Crippen LogP contribution >= 0.6 is 0 Å². The third-order valence-corrected chi connectivity index (χ3v) is 4.31. The van der Waals surface area contributed by atoms with Crippen molar-refractivity contribution in [3.8, 4) is 17.2 Å². The second kappa shape index (κ2) is 8.96. The largest absolute Gasteiger partial charge is 0.497 e. The molecule has 0 saturated carbocycles. The van der Waals surface area contributed by atoms with Crippen molar-refractivity contribution in [3.63, 3.8) is 0 Å². The van der Waals surface area contributed by atoms with Gasteiger partial charge in [0, 0.05) is 23.1 Å². The first kappa shape index (κ1) is 19.3. The Morgan fingerprint density at radius 1 is 0.667 bits per heavy atom. The van der Waals surface area contributed by atoms with Crippen LogP contribution in [0.15, 0.2) is 84.9 Å². The maximum Gasteiger partial charge on any atom is 0.229 e. The molecule has 0 saturated heterocycles. The Kier molecular flexibility index (Phi) is 5.75. The van der Waals surface area contributed by atoms with Gasteiger partial charge in [-0.05, 0) is 67.6 Å². The Morgan fingerprint density at radius 2 is 1.27 bits per heavy atom. The molecular formula is C24H22N4O2. The molecule has 0 radical (unpaired) electrons. The molecule has 0 spiro atoms. The zero-order chi connectivity index (χ0) is 20.8. The van der Waals surface area contributed by atoms with Gasteiger partial charge >= 0.3 is 0 Å².